The summed E-state index contributed by atoms with van der Waals surface area (Å²) in [5, 5.41) is 26.9. The summed E-state index contributed by atoms with van der Waals surface area (Å²) >= 11 is 0. The minimum absolute atomic E-state index is 0.0982. The van der Waals surface area contributed by atoms with Crippen molar-refractivity contribution in [1.82, 2.24) is 9.97 Å². The van der Waals surface area contributed by atoms with E-state index in [9.17, 15) is 15.2 Å². The second-order valence-corrected chi connectivity index (χ2v) is 5.25. The highest BCUT2D eigenvalue weighted by molar-refractivity contribution is 5.69. The van der Waals surface area contributed by atoms with Crippen LogP contribution >= 0.6 is 0 Å². The Morgan fingerprint density at radius 2 is 2.00 bits per heavy atom. The van der Waals surface area contributed by atoms with E-state index < -0.39 is 4.92 Å². The second kappa shape index (κ2) is 7.16. The van der Waals surface area contributed by atoms with Crippen LogP contribution in [0.15, 0.2) is 6.33 Å². The fraction of sp³-hybridized carbons (Fsp3) is 0.692. The molecule has 8 heteroatoms. The zero-order valence-corrected chi connectivity index (χ0v) is 12.1. The number of aromatic nitrogens is 2. The summed E-state index contributed by atoms with van der Waals surface area (Å²) in [6.07, 6.45) is 4.88. The van der Waals surface area contributed by atoms with Crippen LogP contribution in [0.3, 0.4) is 0 Å². The Morgan fingerprint density at radius 3 is 2.62 bits per heavy atom. The number of nitrogens with zero attached hydrogens (tertiary/aromatic N) is 3. The first-order chi connectivity index (χ1) is 10.1. The van der Waals surface area contributed by atoms with Gasteiger partial charge in [0.1, 0.15) is 6.33 Å². The molecule has 21 heavy (non-hydrogen) atoms. The Kier molecular flexibility index (Phi) is 5.26. The zero-order chi connectivity index (χ0) is 15.2. The van der Waals surface area contributed by atoms with E-state index in [0.717, 1.165) is 19.3 Å². The number of hydrogen-bond donors (Lipinski definition) is 3. The molecule has 116 valence electrons. The first-order valence-electron chi connectivity index (χ1n) is 7.29. The molecule has 1 saturated carbocycles. The van der Waals surface area contributed by atoms with Crippen LogP contribution in [0.25, 0.3) is 0 Å². The van der Waals surface area contributed by atoms with Crippen molar-refractivity contribution in [2.45, 2.75) is 51.2 Å². The average molecular weight is 295 g/mol. The van der Waals surface area contributed by atoms with Gasteiger partial charge in [0, 0.05) is 12.6 Å². The van der Waals surface area contributed by atoms with Gasteiger partial charge in [-0.2, -0.15) is 0 Å². The van der Waals surface area contributed by atoms with Crippen LogP contribution in [-0.4, -0.2) is 38.7 Å². The summed E-state index contributed by atoms with van der Waals surface area (Å²) in [5.74, 6) is 0.491. The lowest BCUT2D eigenvalue weighted by Gasteiger charge is -2.26. The van der Waals surface area contributed by atoms with Gasteiger partial charge in [-0.1, -0.05) is 6.92 Å². The third-order valence-corrected chi connectivity index (χ3v) is 3.58. The van der Waals surface area contributed by atoms with E-state index in [2.05, 4.69) is 20.6 Å². The molecular formula is C13H21N5O3. The SMILES string of the molecule is CCCNc1ncnc(NC2CCC(O)CC2)c1[N+](=O)[O-]. The van der Waals surface area contributed by atoms with Gasteiger partial charge in [0.25, 0.3) is 0 Å². The molecule has 1 aliphatic rings. The molecule has 0 amide bonds. The highest BCUT2D eigenvalue weighted by atomic mass is 16.6. The highest BCUT2D eigenvalue weighted by Gasteiger charge is 2.26. The monoisotopic (exact) mass is 295 g/mol. The molecule has 2 rings (SSSR count). The van der Waals surface area contributed by atoms with Crippen LogP contribution in [0.1, 0.15) is 39.0 Å². The third kappa shape index (κ3) is 4.01. The van der Waals surface area contributed by atoms with Gasteiger partial charge in [-0.25, -0.2) is 9.97 Å². The van der Waals surface area contributed by atoms with E-state index in [1.807, 2.05) is 6.92 Å². The fourth-order valence-electron chi connectivity index (χ4n) is 2.44. The number of nitrogens with one attached hydrogen (secondary N) is 2. The minimum atomic E-state index is -0.460. The molecule has 1 aromatic heterocycles. The van der Waals surface area contributed by atoms with Crippen molar-refractivity contribution in [2.75, 3.05) is 17.2 Å². The van der Waals surface area contributed by atoms with Gasteiger partial charge in [-0.3, -0.25) is 10.1 Å². The highest BCUT2D eigenvalue weighted by Crippen LogP contribution is 2.31. The molecule has 0 atom stereocenters. The summed E-state index contributed by atoms with van der Waals surface area (Å²) < 4.78 is 0. The maximum absolute atomic E-state index is 11.3. The number of hydrogen-bond acceptors (Lipinski definition) is 7. The average Bonchev–Trinajstić information content (AvgIpc) is 2.47. The summed E-state index contributed by atoms with van der Waals surface area (Å²) in [4.78, 5) is 18.8. The summed E-state index contributed by atoms with van der Waals surface area (Å²) in [7, 11) is 0. The quantitative estimate of drug-likeness (QED) is 0.542. The van der Waals surface area contributed by atoms with Gasteiger partial charge in [0.05, 0.1) is 11.0 Å². The molecule has 0 radical (unpaired) electrons. The van der Waals surface area contributed by atoms with Crippen molar-refractivity contribution < 1.29 is 10.0 Å². The molecule has 3 N–H and O–H groups in total. The molecule has 1 aliphatic carbocycles. The fourth-order valence-corrected chi connectivity index (χ4v) is 2.44. The van der Waals surface area contributed by atoms with Gasteiger partial charge in [-0.05, 0) is 32.1 Å². The predicted octanol–water partition coefficient (Wildman–Crippen LogP) is 1.92. The molecule has 0 bridgehead atoms. The zero-order valence-electron chi connectivity index (χ0n) is 12.1. The Morgan fingerprint density at radius 1 is 1.33 bits per heavy atom. The van der Waals surface area contributed by atoms with E-state index in [1.165, 1.54) is 6.33 Å². The molecule has 1 aromatic rings. The van der Waals surface area contributed by atoms with Crippen LogP contribution in [0.5, 0.6) is 0 Å². The Labute approximate surface area is 123 Å². The number of rotatable bonds is 6. The maximum atomic E-state index is 11.3. The lowest BCUT2D eigenvalue weighted by Crippen LogP contribution is -2.29. The van der Waals surface area contributed by atoms with Crippen LogP contribution < -0.4 is 10.6 Å². The molecular weight excluding hydrogens is 274 g/mol. The predicted molar refractivity (Wildman–Crippen MR) is 79.4 cm³/mol. The van der Waals surface area contributed by atoms with Crippen LogP contribution in [0.2, 0.25) is 0 Å². The Balaban J connectivity index is 2.16. The third-order valence-electron chi connectivity index (χ3n) is 3.58. The van der Waals surface area contributed by atoms with Gasteiger partial charge in [0.15, 0.2) is 0 Å². The summed E-state index contributed by atoms with van der Waals surface area (Å²) in [5.41, 5.74) is -0.114. The first kappa shape index (κ1) is 15.4. The molecule has 1 fully saturated rings. The number of anilines is 2. The van der Waals surface area contributed by atoms with Crippen molar-refractivity contribution in [3.63, 3.8) is 0 Å². The molecule has 8 nitrogen and oxygen atoms in total. The first-order valence-corrected chi connectivity index (χ1v) is 7.29. The smallest absolute Gasteiger partial charge is 0.353 e. The number of aliphatic hydroxyl groups is 1. The van der Waals surface area contributed by atoms with Crippen LogP contribution in [0, 0.1) is 10.1 Å². The van der Waals surface area contributed by atoms with E-state index in [-0.39, 0.29) is 29.5 Å². The van der Waals surface area contributed by atoms with Crippen molar-refractivity contribution >= 4 is 17.3 Å². The van der Waals surface area contributed by atoms with Crippen molar-refractivity contribution in [2.24, 2.45) is 0 Å². The van der Waals surface area contributed by atoms with Gasteiger partial charge < -0.3 is 15.7 Å². The molecule has 1 heterocycles. The van der Waals surface area contributed by atoms with E-state index in [4.69, 9.17) is 0 Å². The standard InChI is InChI=1S/C13H21N5O3/c1-2-7-14-12-11(18(20)21)13(16-8-15-12)17-9-3-5-10(19)6-4-9/h8-10,19H,2-7H2,1H3,(H2,14,15,16,17). The minimum Gasteiger partial charge on any atom is -0.393 e. The van der Waals surface area contributed by atoms with Gasteiger partial charge in [-0.15, -0.1) is 0 Å². The summed E-state index contributed by atoms with van der Waals surface area (Å²) in [6, 6.07) is 0.0982. The van der Waals surface area contributed by atoms with Gasteiger partial charge in [0.2, 0.25) is 11.6 Å². The van der Waals surface area contributed by atoms with Gasteiger partial charge >= 0.3 is 5.69 Å². The summed E-state index contributed by atoms with van der Waals surface area (Å²) in [6.45, 7) is 2.60. The normalized spacial score (nSPS) is 21.8. The molecule has 0 spiro atoms. The molecule has 0 aromatic carbocycles. The van der Waals surface area contributed by atoms with Crippen LogP contribution in [-0.2, 0) is 0 Å². The Bertz CT molecular complexity index is 489. The lowest BCUT2D eigenvalue weighted by atomic mass is 9.93. The molecule has 0 saturated heterocycles. The van der Waals surface area contributed by atoms with E-state index in [1.54, 1.807) is 0 Å². The van der Waals surface area contributed by atoms with Crippen LogP contribution in [0.4, 0.5) is 17.3 Å². The lowest BCUT2D eigenvalue weighted by molar-refractivity contribution is -0.383. The topological polar surface area (TPSA) is 113 Å². The number of aliphatic hydroxyl groups excluding tert-OH is 1. The van der Waals surface area contributed by atoms with E-state index >= 15 is 0 Å². The second-order valence-electron chi connectivity index (χ2n) is 5.25. The molecule has 0 unspecified atom stereocenters. The van der Waals surface area contributed by atoms with Crippen molar-refractivity contribution in [3.05, 3.63) is 16.4 Å². The molecule has 0 aliphatic heterocycles. The largest absolute Gasteiger partial charge is 0.393 e. The van der Waals surface area contributed by atoms with E-state index in [0.29, 0.717) is 19.4 Å². The van der Waals surface area contributed by atoms with Crippen molar-refractivity contribution in [3.8, 4) is 0 Å². The number of nitro groups is 1. The van der Waals surface area contributed by atoms with Crippen molar-refractivity contribution in [1.29, 1.82) is 0 Å². The maximum Gasteiger partial charge on any atom is 0.353 e. The Hall–Kier alpha value is -1.96.